The van der Waals surface area contributed by atoms with Crippen molar-refractivity contribution in [1.82, 2.24) is 0 Å². The average Bonchev–Trinajstić information content (AvgIpc) is 2.49. The zero-order chi connectivity index (χ0) is 15.7. The van der Waals surface area contributed by atoms with Gasteiger partial charge in [-0.05, 0) is 48.1 Å². The van der Waals surface area contributed by atoms with Gasteiger partial charge in [-0.2, -0.15) is 0 Å². The van der Waals surface area contributed by atoms with Crippen LogP contribution in [0.4, 0.5) is 0 Å². The van der Waals surface area contributed by atoms with Gasteiger partial charge in [-0.25, -0.2) is 0 Å². The van der Waals surface area contributed by atoms with Gasteiger partial charge in [-0.3, -0.25) is 0 Å². The van der Waals surface area contributed by atoms with E-state index in [-0.39, 0.29) is 5.76 Å². The highest BCUT2D eigenvalue weighted by Gasteiger charge is 2.28. The zero-order valence-corrected chi connectivity index (χ0v) is 12.9. The second kappa shape index (κ2) is 8.35. The predicted octanol–water partition coefficient (Wildman–Crippen LogP) is 5.41. The molecule has 0 saturated heterocycles. The number of rotatable bonds is 3. The third kappa shape index (κ3) is 5.50. The lowest BCUT2D eigenvalue weighted by Crippen LogP contribution is -2.24. The van der Waals surface area contributed by atoms with Crippen molar-refractivity contribution < 1.29 is 10.2 Å². The number of aliphatic hydroxyl groups is 1. The second-order valence-corrected chi connectivity index (χ2v) is 5.70. The van der Waals surface area contributed by atoms with Crippen LogP contribution in [0.25, 0.3) is 0 Å². The van der Waals surface area contributed by atoms with E-state index in [0.717, 1.165) is 0 Å². The molecule has 1 aliphatic rings. The quantitative estimate of drug-likeness (QED) is 0.576. The van der Waals surface area contributed by atoms with Gasteiger partial charge in [0.05, 0.1) is 0 Å². The number of benzene rings is 1. The van der Waals surface area contributed by atoms with Crippen molar-refractivity contribution >= 4 is 0 Å². The van der Waals surface area contributed by atoms with E-state index in [0.29, 0.717) is 11.2 Å². The lowest BCUT2D eigenvalue weighted by atomic mass is 9.71. The van der Waals surface area contributed by atoms with Crippen molar-refractivity contribution in [2.45, 2.75) is 44.4 Å². The molecule has 0 spiro atoms. The Hall–Kier alpha value is -1.96. The van der Waals surface area contributed by atoms with Crippen molar-refractivity contribution in [3.8, 4) is 5.75 Å². The van der Waals surface area contributed by atoms with Crippen LogP contribution in [0.1, 0.15) is 44.6 Å². The Labute approximate surface area is 128 Å². The lowest BCUT2D eigenvalue weighted by molar-refractivity contribution is 0.319. The molecule has 1 aromatic carbocycles. The molecule has 0 aromatic heterocycles. The van der Waals surface area contributed by atoms with Gasteiger partial charge in [0.15, 0.2) is 0 Å². The van der Waals surface area contributed by atoms with Crippen LogP contribution >= 0.6 is 0 Å². The first-order chi connectivity index (χ1) is 10.0. The molecule has 1 aromatic rings. The Morgan fingerprint density at radius 1 is 1.10 bits per heavy atom. The molecule has 1 saturated carbocycles. The smallest absolute Gasteiger partial charge is 0.115 e. The molecule has 0 unspecified atom stereocenters. The van der Waals surface area contributed by atoms with Crippen LogP contribution in [0.5, 0.6) is 5.75 Å². The fraction of sp³-hybridized carbons (Fsp3) is 0.368. The van der Waals surface area contributed by atoms with Gasteiger partial charge >= 0.3 is 0 Å². The summed E-state index contributed by atoms with van der Waals surface area (Å²) >= 11 is 0. The lowest BCUT2D eigenvalue weighted by Gasteiger charge is -2.34. The van der Waals surface area contributed by atoms with Crippen molar-refractivity contribution in [2.24, 2.45) is 0 Å². The van der Waals surface area contributed by atoms with Crippen LogP contribution in [-0.4, -0.2) is 10.2 Å². The number of hydrogen-bond acceptors (Lipinski definition) is 2. The highest BCUT2D eigenvalue weighted by molar-refractivity contribution is 5.31. The first-order valence-electron chi connectivity index (χ1n) is 7.45. The fourth-order valence-corrected chi connectivity index (χ4v) is 2.67. The van der Waals surface area contributed by atoms with Gasteiger partial charge in [0.1, 0.15) is 11.5 Å². The maximum Gasteiger partial charge on any atom is 0.115 e. The molecule has 0 radical (unpaired) electrons. The van der Waals surface area contributed by atoms with E-state index >= 15 is 0 Å². The first kappa shape index (κ1) is 17.1. The fourth-order valence-electron chi connectivity index (χ4n) is 2.67. The summed E-state index contributed by atoms with van der Waals surface area (Å²) in [4.78, 5) is 0. The molecule has 1 fully saturated rings. The van der Waals surface area contributed by atoms with Gasteiger partial charge < -0.3 is 10.2 Å². The molecular weight excluding hydrogens is 260 g/mol. The van der Waals surface area contributed by atoms with Crippen LogP contribution in [0.2, 0.25) is 0 Å². The number of phenolic OH excluding ortho intramolecular Hbond substituents is 1. The molecule has 2 nitrogen and oxygen atoms in total. The summed E-state index contributed by atoms with van der Waals surface area (Å²) in [5, 5.41) is 17.8. The molecule has 0 heterocycles. The number of hydrogen-bond donors (Lipinski definition) is 2. The molecule has 0 atom stereocenters. The molecule has 21 heavy (non-hydrogen) atoms. The Morgan fingerprint density at radius 3 is 2.10 bits per heavy atom. The summed E-state index contributed by atoms with van der Waals surface area (Å²) < 4.78 is 0. The third-order valence-corrected chi connectivity index (χ3v) is 4.02. The van der Waals surface area contributed by atoms with Crippen LogP contribution < -0.4 is 0 Å². The van der Waals surface area contributed by atoms with Crippen LogP contribution in [0.15, 0.2) is 61.4 Å². The van der Waals surface area contributed by atoms with Gasteiger partial charge in [-0.15, -0.1) is 0 Å². The summed E-state index contributed by atoms with van der Waals surface area (Å²) in [5.41, 5.74) is 1.74. The van der Waals surface area contributed by atoms with Crippen molar-refractivity contribution in [3.05, 3.63) is 67.0 Å². The second-order valence-electron chi connectivity index (χ2n) is 5.70. The van der Waals surface area contributed by atoms with Crippen molar-refractivity contribution in [1.29, 1.82) is 0 Å². The Kier molecular flexibility index (Phi) is 6.80. The van der Waals surface area contributed by atoms with E-state index in [1.165, 1.54) is 55.9 Å². The highest BCUT2D eigenvalue weighted by Crippen LogP contribution is 2.39. The number of aromatic hydroxyl groups is 1. The minimum atomic E-state index is 0.148. The van der Waals surface area contributed by atoms with Crippen LogP contribution in [0, 0.1) is 0 Å². The number of aliphatic hydroxyl groups excluding tert-OH is 1. The summed E-state index contributed by atoms with van der Waals surface area (Å²) in [6.45, 7) is 9.02. The first-order valence-corrected chi connectivity index (χ1v) is 7.45. The normalized spacial score (nSPS) is 17.3. The maximum absolute atomic E-state index is 9.24. The van der Waals surface area contributed by atoms with Crippen LogP contribution in [0.3, 0.4) is 0 Å². The number of phenols is 1. The molecule has 1 aliphatic carbocycles. The Balaban J connectivity index is 0.000000270. The summed E-state index contributed by atoms with van der Waals surface area (Å²) in [7, 11) is 0. The molecule has 0 aliphatic heterocycles. The molecule has 2 heteroatoms. The van der Waals surface area contributed by atoms with E-state index in [1.807, 2.05) is 0 Å². The number of allylic oxidation sites excluding steroid dienone is 3. The Morgan fingerprint density at radius 2 is 1.67 bits per heavy atom. The Bertz CT molecular complexity index is 477. The van der Waals surface area contributed by atoms with Gasteiger partial charge in [0.2, 0.25) is 0 Å². The van der Waals surface area contributed by atoms with E-state index in [2.05, 4.69) is 32.2 Å². The van der Waals surface area contributed by atoms with Gasteiger partial charge in [0.25, 0.3) is 0 Å². The third-order valence-electron chi connectivity index (χ3n) is 4.02. The topological polar surface area (TPSA) is 40.5 Å². The molecule has 2 rings (SSSR count). The summed E-state index contributed by atoms with van der Waals surface area (Å²) in [6.07, 6.45) is 11.0. The van der Waals surface area contributed by atoms with E-state index < -0.39 is 0 Å². The highest BCUT2D eigenvalue weighted by atomic mass is 16.3. The van der Waals surface area contributed by atoms with Crippen molar-refractivity contribution in [3.63, 3.8) is 0 Å². The minimum Gasteiger partial charge on any atom is -0.508 e. The van der Waals surface area contributed by atoms with Crippen LogP contribution in [-0.2, 0) is 5.41 Å². The SMILES string of the molecule is C=C/C=C(/O)C=C.CC1(c2ccc(O)cc2)CCCCC1. The minimum absolute atomic E-state index is 0.148. The molecule has 0 amide bonds. The maximum atomic E-state index is 9.24. The van der Waals surface area contributed by atoms with Gasteiger partial charge in [0, 0.05) is 0 Å². The zero-order valence-electron chi connectivity index (χ0n) is 12.9. The predicted molar refractivity (Wildman–Crippen MR) is 89.6 cm³/mol. The summed E-state index contributed by atoms with van der Waals surface area (Å²) in [6, 6.07) is 7.74. The van der Waals surface area contributed by atoms with E-state index in [1.54, 1.807) is 12.1 Å². The molecule has 114 valence electrons. The molecular formula is C19H26O2. The van der Waals surface area contributed by atoms with E-state index in [9.17, 15) is 5.11 Å². The van der Waals surface area contributed by atoms with Gasteiger partial charge in [-0.1, -0.05) is 57.6 Å². The molecule has 2 N–H and O–H groups in total. The largest absolute Gasteiger partial charge is 0.508 e. The molecule has 0 bridgehead atoms. The average molecular weight is 286 g/mol. The monoisotopic (exact) mass is 286 g/mol. The standard InChI is InChI=1S/C13H18O.C6H8O/c1-13(9-3-2-4-10-13)11-5-7-12(14)8-6-11;1-3-5-6(7)4-2/h5-8,14H,2-4,9-10H2,1H3;3-5,7H,1-2H2/b;6-5+. The van der Waals surface area contributed by atoms with E-state index in [4.69, 9.17) is 5.11 Å². The van der Waals surface area contributed by atoms with Crippen molar-refractivity contribution in [2.75, 3.05) is 0 Å². The summed E-state index contributed by atoms with van der Waals surface area (Å²) in [5.74, 6) is 0.517.